The molecule has 0 radical (unpaired) electrons. The first-order valence-corrected chi connectivity index (χ1v) is 15.7. The van der Waals surface area contributed by atoms with Gasteiger partial charge in [0, 0.05) is 72.0 Å². The van der Waals surface area contributed by atoms with Crippen LogP contribution in [-0.2, 0) is 6.54 Å². The number of aromatic nitrogens is 2. The number of nitrogens with one attached hydrogen (secondary N) is 2. The molecule has 2 aromatic heterocycles. The Morgan fingerprint density at radius 3 is 2.22 bits per heavy atom. The number of hydrogen-bond donors (Lipinski definition) is 2. The summed E-state index contributed by atoms with van der Waals surface area (Å²) in [4.78, 5) is 36.7. The van der Waals surface area contributed by atoms with Gasteiger partial charge in [-0.1, -0.05) is 73.7 Å². The van der Waals surface area contributed by atoms with Crippen molar-refractivity contribution in [3.63, 3.8) is 0 Å². The van der Waals surface area contributed by atoms with Crippen molar-refractivity contribution in [1.82, 2.24) is 19.8 Å². The second kappa shape index (κ2) is 12.5. The number of anilines is 1. The lowest BCUT2D eigenvalue weighted by Crippen LogP contribution is -2.47. The van der Waals surface area contributed by atoms with Crippen LogP contribution in [0.4, 0.5) is 5.69 Å². The van der Waals surface area contributed by atoms with Crippen molar-refractivity contribution in [3.8, 4) is 5.69 Å². The lowest BCUT2D eigenvalue weighted by atomic mass is 9.99. The van der Waals surface area contributed by atoms with E-state index in [0.29, 0.717) is 28.6 Å². The van der Waals surface area contributed by atoms with Gasteiger partial charge >= 0.3 is 0 Å². The van der Waals surface area contributed by atoms with Gasteiger partial charge < -0.3 is 15.2 Å². The van der Waals surface area contributed by atoms with Gasteiger partial charge in [0.25, 0.3) is 11.5 Å². The van der Waals surface area contributed by atoms with Crippen molar-refractivity contribution in [2.75, 3.05) is 31.1 Å². The molecule has 0 saturated carbocycles. The number of aromatic amines is 1. The third-order valence-electron chi connectivity index (χ3n) is 8.99. The fraction of sp³-hybridized carbons (Fsp3) is 0.211. The quantitative estimate of drug-likeness (QED) is 0.206. The second-order valence-electron chi connectivity index (χ2n) is 11.7. The van der Waals surface area contributed by atoms with Crippen LogP contribution in [0.1, 0.15) is 41.0 Å². The first-order chi connectivity index (χ1) is 22.1. The van der Waals surface area contributed by atoms with Crippen molar-refractivity contribution < 1.29 is 4.79 Å². The molecule has 7 nitrogen and oxygen atoms in total. The highest BCUT2D eigenvalue weighted by Gasteiger charge is 2.27. The van der Waals surface area contributed by atoms with E-state index >= 15 is 0 Å². The molecule has 1 aliphatic rings. The lowest BCUT2D eigenvalue weighted by Gasteiger charge is -2.37. The van der Waals surface area contributed by atoms with Gasteiger partial charge in [-0.2, -0.15) is 0 Å². The molecule has 2 N–H and O–H groups in total. The van der Waals surface area contributed by atoms with Gasteiger partial charge in [0.2, 0.25) is 0 Å². The summed E-state index contributed by atoms with van der Waals surface area (Å²) in [6.07, 6.45) is 2.72. The Bertz CT molecular complexity index is 2010. The highest BCUT2D eigenvalue weighted by atomic mass is 16.2. The van der Waals surface area contributed by atoms with Crippen LogP contribution in [0.25, 0.3) is 27.4 Å². The molecule has 6 aromatic rings. The lowest BCUT2D eigenvalue weighted by molar-refractivity contribution is 0.0934. The third-order valence-corrected chi connectivity index (χ3v) is 8.99. The summed E-state index contributed by atoms with van der Waals surface area (Å²) >= 11 is 0. The number of rotatable bonds is 8. The SMILES string of the molecule is CC[C@H](NC(=O)c1c(CN2CCN(c3ccc4[nH]ccc4c3)CC2)n(-c2ccccc2)c(=O)c2ccccc12)c1ccccc1. The average molecular weight is 596 g/mol. The van der Waals surface area contributed by atoms with Crippen LogP contribution >= 0.6 is 0 Å². The molecule has 4 aromatic carbocycles. The third kappa shape index (κ3) is 5.63. The molecule has 0 spiro atoms. The summed E-state index contributed by atoms with van der Waals surface area (Å²) in [6.45, 7) is 5.88. The minimum Gasteiger partial charge on any atom is -0.369 e. The van der Waals surface area contributed by atoms with Gasteiger partial charge in [0.15, 0.2) is 0 Å². The number of carbonyl (C=O) groups is 1. The van der Waals surface area contributed by atoms with Gasteiger partial charge in [0.05, 0.1) is 17.3 Å². The number of hydrogen-bond acceptors (Lipinski definition) is 4. The van der Waals surface area contributed by atoms with E-state index in [1.54, 1.807) is 4.57 Å². The molecule has 226 valence electrons. The van der Waals surface area contributed by atoms with E-state index < -0.39 is 0 Å². The number of fused-ring (bicyclic) bond motifs is 2. The Hall–Kier alpha value is -5.14. The highest BCUT2D eigenvalue weighted by Crippen LogP contribution is 2.27. The minimum atomic E-state index is -0.167. The van der Waals surface area contributed by atoms with Crippen LogP contribution in [0.5, 0.6) is 0 Å². The molecule has 0 unspecified atom stereocenters. The molecule has 1 aliphatic heterocycles. The first-order valence-electron chi connectivity index (χ1n) is 15.7. The van der Waals surface area contributed by atoms with Gasteiger partial charge in [-0.05, 0) is 54.4 Å². The molecule has 3 heterocycles. The van der Waals surface area contributed by atoms with E-state index in [-0.39, 0.29) is 17.5 Å². The molecule has 0 bridgehead atoms. The monoisotopic (exact) mass is 595 g/mol. The molecule has 1 atom stereocenters. The number of amides is 1. The Morgan fingerprint density at radius 2 is 1.49 bits per heavy atom. The zero-order chi connectivity index (χ0) is 30.8. The maximum atomic E-state index is 14.4. The molecule has 1 amide bonds. The van der Waals surface area contributed by atoms with E-state index in [0.717, 1.165) is 49.4 Å². The van der Waals surface area contributed by atoms with Gasteiger partial charge in [-0.25, -0.2) is 0 Å². The number of para-hydroxylation sites is 1. The minimum absolute atomic E-state index is 0.114. The number of H-pyrrole nitrogens is 1. The summed E-state index contributed by atoms with van der Waals surface area (Å²) in [6, 6.07) is 35.8. The molecule has 7 heteroatoms. The van der Waals surface area contributed by atoms with Crippen LogP contribution in [0.15, 0.2) is 120 Å². The van der Waals surface area contributed by atoms with Crippen molar-refractivity contribution in [2.45, 2.75) is 25.9 Å². The second-order valence-corrected chi connectivity index (χ2v) is 11.7. The summed E-state index contributed by atoms with van der Waals surface area (Å²) in [7, 11) is 0. The van der Waals surface area contributed by atoms with E-state index in [1.807, 2.05) is 91.1 Å². The zero-order valence-corrected chi connectivity index (χ0v) is 25.4. The maximum Gasteiger partial charge on any atom is 0.263 e. The summed E-state index contributed by atoms with van der Waals surface area (Å²) in [5, 5.41) is 5.75. The molecule has 0 aliphatic carbocycles. The number of pyridine rings is 1. The smallest absolute Gasteiger partial charge is 0.263 e. The van der Waals surface area contributed by atoms with E-state index in [1.165, 1.54) is 11.1 Å². The zero-order valence-electron chi connectivity index (χ0n) is 25.4. The van der Waals surface area contributed by atoms with Crippen LogP contribution in [-0.4, -0.2) is 46.5 Å². The topological polar surface area (TPSA) is 73.4 Å². The van der Waals surface area contributed by atoms with Crippen molar-refractivity contribution in [1.29, 1.82) is 0 Å². The van der Waals surface area contributed by atoms with Crippen LogP contribution in [0, 0.1) is 0 Å². The van der Waals surface area contributed by atoms with E-state index in [9.17, 15) is 9.59 Å². The van der Waals surface area contributed by atoms with E-state index in [2.05, 4.69) is 51.3 Å². The molecular formula is C38H37N5O2. The highest BCUT2D eigenvalue weighted by molar-refractivity contribution is 6.08. The average Bonchev–Trinajstić information content (AvgIpc) is 3.57. The van der Waals surface area contributed by atoms with Crippen LogP contribution in [0.3, 0.4) is 0 Å². The molecule has 7 rings (SSSR count). The Balaban J connectivity index is 1.27. The molecule has 45 heavy (non-hydrogen) atoms. The Labute approximate surface area is 262 Å². The predicted octanol–water partition coefficient (Wildman–Crippen LogP) is 6.68. The molecular weight excluding hydrogens is 558 g/mol. The van der Waals surface area contributed by atoms with Gasteiger partial charge in [0.1, 0.15) is 0 Å². The maximum absolute atomic E-state index is 14.4. The fourth-order valence-corrected chi connectivity index (χ4v) is 6.60. The van der Waals surface area contributed by atoms with Crippen molar-refractivity contribution in [3.05, 3.63) is 143 Å². The number of nitrogens with zero attached hydrogens (tertiary/aromatic N) is 3. The van der Waals surface area contributed by atoms with E-state index in [4.69, 9.17) is 0 Å². The molecule has 1 fully saturated rings. The van der Waals surface area contributed by atoms with Gasteiger partial charge in [-0.15, -0.1) is 0 Å². The van der Waals surface area contributed by atoms with Crippen LogP contribution < -0.4 is 15.8 Å². The standard InChI is InChI=1S/C38H37N5O2/c1-2-33(27-11-5-3-6-12-27)40-37(44)36-31-15-9-10-16-32(31)38(45)43(29-13-7-4-8-14-29)35(36)26-41-21-23-42(24-22-41)30-17-18-34-28(25-30)19-20-39-34/h3-20,25,33,39H,2,21-24,26H2,1H3,(H,40,44)/t33-/m0/s1. The number of benzene rings is 4. The summed E-state index contributed by atoms with van der Waals surface area (Å²) in [5.41, 5.74) is 5.32. The van der Waals surface area contributed by atoms with Crippen molar-refractivity contribution >= 4 is 33.3 Å². The number of carbonyl (C=O) groups excluding carboxylic acids is 1. The summed E-state index contributed by atoms with van der Waals surface area (Å²) < 4.78 is 1.76. The fourth-order valence-electron chi connectivity index (χ4n) is 6.60. The predicted molar refractivity (Wildman–Crippen MR) is 182 cm³/mol. The van der Waals surface area contributed by atoms with Crippen molar-refractivity contribution in [2.24, 2.45) is 0 Å². The summed E-state index contributed by atoms with van der Waals surface area (Å²) in [5.74, 6) is -0.167. The van der Waals surface area contributed by atoms with Crippen LogP contribution in [0.2, 0.25) is 0 Å². The first kappa shape index (κ1) is 28.6. The molecule has 1 saturated heterocycles. The van der Waals surface area contributed by atoms with Gasteiger partial charge in [-0.3, -0.25) is 19.1 Å². The Morgan fingerprint density at radius 1 is 0.800 bits per heavy atom. The number of piperazine rings is 1. The largest absolute Gasteiger partial charge is 0.369 e. The normalized spacial score (nSPS) is 14.6. The Kier molecular flexibility index (Phi) is 7.92.